The lowest BCUT2D eigenvalue weighted by Crippen LogP contribution is -2.50. The monoisotopic (exact) mass is 295 g/mol. The van der Waals surface area contributed by atoms with Gasteiger partial charge in [0.25, 0.3) is 0 Å². The molecule has 1 fully saturated rings. The van der Waals surface area contributed by atoms with Gasteiger partial charge in [-0.1, -0.05) is 0 Å². The number of fused-ring (bicyclic) bond motifs is 1. The van der Waals surface area contributed by atoms with Gasteiger partial charge in [-0.25, -0.2) is 15.0 Å². The van der Waals surface area contributed by atoms with Crippen molar-refractivity contribution in [1.82, 2.24) is 19.9 Å². The van der Waals surface area contributed by atoms with Crippen LogP contribution in [0.3, 0.4) is 0 Å². The number of H-pyrrole nitrogens is 1. The summed E-state index contributed by atoms with van der Waals surface area (Å²) < 4.78 is 0. The Morgan fingerprint density at radius 3 is 2.82 bits per heavy atom. The maximum absolute atomic E-state index is 5.73. The first kappa shape index (κ1) is 13.0. The van der Waals surface area contributed by atoms with Crippen LogP contribution in [-0.2, 0) is 0 Å². The normalized spacial score (nSPS) is 15.2. The number of nitrogen functional groups attached to an aromatic ring is 1. The third-order valence-corrected chi connectivity index (χ3v) is 4.13. The van der Waals surface area contributed by atoms with E-state index in [2.05, 4.69) is 24.8 Å². The second kappa shape index (κ2) is 4.96. The summed E-state index contributed by atoms with van der Waals surface area (Å²) in [6.45, 7) is 2.69. The molecule has 0 bridgehead atoms. The lowest BCUT2D eigenvalue weighted by molar-refractivity contribution is 0.421. The van der Waals surface area contributed by atoms with Gasteiger partial charge in [0.1, 0.15) is 5.65 Å². The highest BCUT2D eigenvalue weighted by Gasteiger charge is 2.28. The van der Waals surface area contributed by atoms with Gasteiger partial charge in [0, 0.05) is 43.2 Å². The SMILES string of the molecule is NCC1CN(c2ccnc3[nH]cc(-c4ccnc(N)n4)c23)C1. The number of nitrogens with one attached hydrogen (secondary N) is 1. The van der Waals surface area contributed by atoms with Gasteiger partial charge < -0.3 is 21.4 Å². The number of pyridine rings is 1. The molecule has 4 heterocycles. The minimum absolute atomic E-state index is 0.268. The van der Waals surface area contributed by atoms with E-state index in [0.29, 0.717) is 5.92 Å². The van der Waals surface area contributed by atoms with Gasteiger partial charge in [0.15, 0.2) is 0 Å². The van der Waals surface area contributed by atoms with E-state index in [0.717, 1.165) is 47.6 Å². The Morgan fingerprint density at radius 2 is 2.05 bits per heavy atom. The smallest absolute Gasteiger partial charge is 0.220 e. The molecule has 22 heavy (non-hydrogen) atoms. The molecule has 1 aliphatic heterocycles. The van der Waals surface area contributed by atoms with E-state index in [1.807, 2.05) is 24.5 Å². The van der Waals surface area contributed by atoms with Crippen molar-refractivity contribution in [2.75, 3.05) is 30.3 Å². The highest BCUT2D eigenvalue weighted by atomic mass is 15.2. The summed E-state index contributed by atoms with van der Waals surface area (Å²) in [6.07, 6.45) is 5.41. The summed E-state index contributed by atoms with van der Waals surface area (Å²) in [5.74, 6) is 0.838. The Labute approximate surface area is 127 Å². The van der Waals surface area contributed by atoms with Gasteiger partial charge >= 0.3 is 0 Å². The van der Waals surface area contributed by atoms with E-state index in [9.17, 15) is 0 Å². The zero-order valence-corrected chi connectivity index (χ0v) is 12.0. The highest BCUT2D eigenvalue weighted by molar-refractivity contribution is 6.02. The summed E-state index contributed by atoms with van der Waals surface area (Å²) in [5, 5.41) is 1.07. The number of hydrogen-bond acceptors (Lipinski definition) is 6. The van der Waals surface area contributed by atoms with E-state index >= 15 is 0 Å². The van der Waals surface area contributed by atoms with Gasteiger partial charge in [-0.2, -0.15) is 0 Å². The molecule has 0 spiro atoms. The number of anilines is 2. The number of nitrogens with zero attached hydrogens (tertiary/aromatic N) is 4. The number of rotatable bonds is 3. The Hall–Kier alpha value is -2.67. The average Bonchev–Trinajstić information content (AvgIpc) is 2.91. The van der Waals surface area contributed by atoms with Crippen LogP contribution in [0.15, 0.2) is 30.7 Å². The molecule has 3 aromatic heterocycles. The van der Waals surface area contributed by atoms with Gasteiger partial charge in [0.2, 0.25) is 5.95 Å². The van der Waals surface area contributed by atoms with Crippen molar-refractivity contribution in [3.05, 3.63) is 30.7 Å². The average molecular weight is 295 g/mol. The van der Waals surface area contributed by atoms with Gasteiger partial charge in [-0.15, -0.1) is 0 Å². The van der Waals surface area contributed by atoms with Crippen molar-refractivity contribution < 1.29 is 0 Å². The van der Waals surface area contributed by atoms with Crippen molar-refractivity contribution in [3.8, 4) is 11.3 Å². The van der Waals surface area contributed by atoms with E-state index < -0.39 is 0 Å². The van der Waals surface area contributed by atoms with Crippen LogP contribution in [0.5, 0.6) is 0 Å². The molecule has 0 aromatic carbocycles. The number of hydrogen-bond donors (Lipinski definition) is 3. The summed E-state index contributed by atoms with van der Waals surface area (Å²) in [6, 6.07) is 3.89. The van der Waals surface area contributed by atoms with Crippen LogP contribution < -0.4 is 16.4 Å². The van der Waals surface area contributed by atoms with Crippen molar-refractivity contribution in [3.63, 3.8) is 0 Å². The molecule has 4 rings (SSSR count). The molecule has 7 nitrogen and oxygen atoms in total. The van der Waals surface area contributed by atoms with Crippen molar-refractivity contribution >= 4 is 22.7 Å². The lowest BCUT2D eigenvalue weighted by atomic mass is 9.98. The van der Waals surface area contributed by atoms with Crippen LogP contribution in [0.2, 0.25) is 0 Å². The number of aromatic nitrogens is 4. The molecule has 5 N–H and O–H groups in total. The van der Waals surface area contributed by atoms with Gasteiger partial charge in [0.05, 0.1) is 16.8 Å². The minimum atomic E-state index is 0.268. The van der Waals surface area contributed by atoms with Crippen molar-refractivity contribution in [2.45, 2.75) is 0 Å². The Bertz CT molecular complexity index is 820. The topological polar surface area (TPSA) is 110 Å². The first-order valence-electron chi connectivity index (χ1n) is 7.26. The molecule has 0 unspecified atom stereocenters. The van der Waals surface area contributed by atoms with Crippen LogP contribution in [-0.4, -0.2) is 39.6 Å². The third-order valence-electron chi connectivity index (χ3n) is 4.13. The van der Waals surface area contributed by atoms with Crippen LogP contribution in [0.1, 0.15) is 0 Å². The number of aromatic amines is 1. The van der Waals surface area contributed by atoms with Crippen molar-refractivity contribution in [1.29, 1.82) is 0 Å². The largest absolute Gasteiger partial charge is 0.370 e. The van der Waals surface area contributed by atoms with Crippen LogP contribution in [0, 0.1) is 5.92 Å². The molecule has 3 aromatic rings. The van der Waals surface area contributed by atoms with E-state index in [1.54, 1.807) is 6.20 Å². The van der Waals surface area contributed by atoms with Crippen LogP contribution in [0.25, 0.3) is 22.3 Å². The molecule has 0 atom stereocenters. The predicted octanol–water partition coefficient (Wildman–Crippen LogP) is 0.997. The maximum atomic E-state index is 5.73. The summed E-state index contributed by atoms with van der Waals surface area (Å²) in [4.78, 5) is 18.2. The molecular formula is C15H17N7. The summed E-state index contributed by atoms with van der Waals surface area (Å²) in [7, 11) is 0. The summed E-state index contributed by atoms with van der Waals surface area (Å²) in [5.41, 5.74) is 15.2. The molecule has 112 valence electrons. The van der Waals surface area contributed by atoms with Crippen LogP contribution >= 0.6 is 0 Å². The molecule has 0 amide bonds. The molecule has 0 radical (unpaired) electrons. The third kappa shape index (κ3) is 1.98. The second-order valence-electron chi connectivity index (χ2n) is 5.56. The standard InChI is InChI=1S/C15H17N7/c16-5-9-7-22(8-9)12-2-4-18-14-13(12)10(6-20-14)11-1-3-19-15(17)21-11/h1-4,6,9H,5,7-8,16H2,(H,18,20)(H2,17,19,21). The molecule has 0 aliphatic carbocycles. The predicted molar refractivity (Wildman–Crippen MR) is 86.3 cm³/mol. The molecule has 1 saturated heterocycles. The molecule has 1 aliphatic rings. The fourth-order valence-electron chi connectivity index (χ4n) is 2.94. The minimum Gasteiger partial charge on any atom is -0.370 e. The van der Waals surface area contributed by atoms with Crippen LogP contribution in [0.4, 0.5) is 11.6 Å². The quantitative estimate of drug-likeness (QED) is 0.665. The van der Waals surface area contributed by atoms with Gasteiger partial charge in [-0.3, -0.25) is 0 Å². The van der Waals surface area contributed by atoms with E-state index in [1.165, 1.54) is 0 Å². The molecule has 0 saturated carbocycles. The molecular weight excluding hydrogens is 278 g/mol. The fourth-order valence-corrected chi connectivity index (χ4v) is 2.94. The Balaban J connectivity index is 1.83. The van der Waals surface area contributed by atoms with Gasteiger partial charge in [-0.05, 0) is 18.7 Å². The molecule has 7 heteroatoms. The number of nitrogens with two attached hydrogens (primary N) is 2. The van der Waals surface area contributed by atoms with Crippen molar-refractivity contribution in [2.24, 2.45) is 11.7 Å². The lowest BCUT2D eigenvalue weighted by Gasteiger charge is -2.40. The maximum Gasteiger partial charge on any atom is 0.220 e. The second-order valence-corrected chi connectivity index (χ2v) is 5.56. The Morgan fingerprint density at radius 1 is 1.23 bits per heavy atom. The zero-order chi connectivity index (χ0) is 15.1. The van der Waals surface area contributed by atoms with E-state index in [-0.39, 0.29) is 5.95 Å². The highest BCUT2D eigenvalue weighted by Crippen LogP contribution is 2.36. The zero-order valence-electron chi connectivity index (χ0n) is 12.0. The Kier molecular flexibility index (Phi) is 2.93. The summed E-state index contributed by atoms with van der Waals surface area (Å²) >= 11 is 0. The first-order valence-corrected chi connectivity index (χ1v) is 7.26. The van der Waals surface area contributed by atoms with E-state index in [4.69, 9.17) is 11.5 Å². The fraction of sp³-hybridized carbons (Fsp3) is 0.267. The first-order chi connectivity index (χ1) is 10.8.